The third-order valence-electron chi connectivity index (χ3n) is 2.36. The summed E-state index contributed by atoms with van der Waals surface area (Å²) in [6.07, 6.45) is 5.10. The fraction of sp³-hybridized carbons (Fsp3) is 0.364. The number of unbranched alkanes of at least 4 members (excludes halogenated alkanes) is 1. The van der Waals surface area contributed by atoms with Crippen LogP contribution in [0.4, 0.5) is 11.8 Å². The van der Waals surface area contributed by atoms with Gasteiger partial charge in [0.1, 0.15) is 5.82 Å². The average molecular weight is 248 g/mol. The lowest BCUT2D eigenvalue weighted by Gasteiger charge is -2.07. The molecule has 0 atom stereocenters. The van der Waals surface area contributed by atoms with E-state index in [-0.39, 0.29) is 12.6 Å². The topological polar surface area (TPSA) is 102 Å². The third kappa shape index (κ3) is 3.17. The molecule has 2 aromatic rings. The Bertz CT molecular complexity index is 484. The van der Waals surface area contributed by atoms with Crippen LogP contribution in [0.2, 0.25) is 0 Å². The first-order valence-corrected chi connectivity index (χ1v) is 5.79. The van der Waals surface area contributed by atoms with Gasteiger partial charge in [-0.25, -0.2) is 4.68 Å². The van der Waals surface area contributed by atoms with Gasteiger partial charge in [-0.1, -0.05) is 0 Å². The van der Waals surface area contributed by atoms with Crippen LogP contribution in [0.25, 0.3) is 5.82 Å². The van der Waals surface area contributed by atoms with Gasteiger partial charge in [0.2, 0.25) is 5.95 Å². The van der Waals surface area contributed by atoms with Gasteiger partial charge in [-0.05, 0) is 18.9 Å². The molecule has 0 unspecified atom stereocenters. The molecule has 0 amide bonds. The second-order valence-electron chi connectivity index (χ2n) is 3.78. The largest absolute Gasteiger partial charge is 0.396 e. The number of aromatic nitrogens is 4. The van der Waals surface area contributed by atoms with E-state index in [1.807, 2.05) is 6.07 Å². The van der Waals surface area contributed by atoms with Crippen LogP contribution in [0.1, 0.15) is 12.8 Å². The number of nitrogens with two attached hydrogens (primary N) is 1. The molecule has 0 fully saturated rings. The van der Waals surface area contributed by atoms with Crippen LogP contribution < -0.4 is 11.1 Å². The van der Waals surface area contributed by atoms with Crippen molar-refractivity contribution in [2.24, 2.45) is 0 Å². The van der Waals surface area contributed by atoms with E-state index in [1.165, 1.54) is 0 Å². The highest BCUT2D eigenvalue weighted by atomic mass is 16.2. The van der Waals surface area contributed by atoms with Gasteiger partial charge in [0.15, 0.2) is 5.82 Å². The van der Waals surface area contributed by atoms with Crippen LogP contribution in [-0.4, -0.2) is 38.0 Å². The van der Waals surface area contributed by atoms with Crippen molar-refractivity contribution in [1.29, 1.82) is 0 Å². The third-order valence-corrected chi connectivity index (χ3v) is 2.36. The van der Waals surface area contributed by atoms with Gasteiger partial charge >= 0.3 is 0 Å². The van der Waals surface area contributed by atoms with Gasteiger partial charge < -0.3 is 16.2 Å². The van der Waals surface area contributed by atoms with Crippen LogP contribution in [0.3, 0.4) is 0 Å². The second kappa shape index (κ2) is 5.97. The SMILES string of the molecule is Nc1nc(NCCCCO)cc(-n2cccn2)n1. The number of nitrogens with one attached hydrogen (secondary N) is 1. The molecule has 0 bridgehead atoms. The highest BCUT2D eigenvalue weighted by Crippen LogP contribution is 2.11. The maximum Gasteiger partial charge on any atom is 0.224 e. The highest BCUT2D eigenvalue weighted by molar-refractivity contribution is 5.45. The summed E-state index contributed by atoms with van der Waals surface area (Å²) < 4.78 is 1.62. The quantitative estimate of drug-likeness (QED) is 0.641. The van der Waals surface area contributed by atoms with Crippen molar-refractivity contribution in [3.05, 3.63) is 24.5 Å². The maximum absolute atomic E-state index is 8.69. The van der Waals surface area contributed by atoms with Crippen molar-refractivity contribution >= 4 is 11.8 Å². The predicted octanol–water partition coefficient (Wildman–Crippen LogP) is 0.429. The van der Waals surface area contributed by atoms with Gasteiger partial charge in [-0.3, -0.25) is 0 Å². The molecule has 2 heterocycles. The smallest absolute Gasteiger partial charge is 0.224 e. The number of rotatable bonds is 6. The van der Waals surface area contributed by atoms with Crippen molar-refractivity contribution in [2.45, 2.75) is 12.8 Å². The fourth-order valence-electron chi connectivity index (χ4n) is 1.52. The molecule has 0 aliphatic rings. The van der Waals surface area contributed by atoms with E-state index in [0.29, 0.717) is 11.6 Å². The number of nitrogens with zero attached hydrogens (tertiary/aromatic N) is 4. The fourth-order valence-corrected chi connectivity index (χ4v) is 1.52. The summed E-state index contributed by atoms with van der Waals surface area (Å²) in [5.41, 5.74) is 5.65. The van der Waals surface area contributed by atoms with E-state index >= 15 is 0 Å². The summed E-state index contributed by atoms with van der Waals surface area (Å²) in [6, 6.07) is 3.59. The number of nitrogen functional groups attached to an aromatic ring is 1. The molecule has 0 saturated heterocycles. The van der Waals surface area contributed by atoms with Crippen LogP contribution in [0, 0.1) is 0 Å². The van der Waals surface area contributed by atoms with Gasteiger partial charge in [0.05, 0.1) is 0 Å². The lowest BCUT2D eigenvalue weighted by Crippen LogP contribution is -2.09. The van der Waals surface area contributed by atoms with E-state index in [0.717, 1.165) is 19.4 Å². The molecule has 0 spiro atoms. The Morgan fingerprint density at radius 3 is 2.94 bits per heavy atom. The van der Waals surface area contributed by atoms with Crippen LogP contribution in [0.5, 0.6) is 0 Å². The minimum Gasteiger partial charge on any atom is -0.396 e. The molecular weight excluding hydrogens is 232 g/mol. The highest BCUT2D eigenvalue weighted by Gasteiger charge is 2.04. The van der Waals surface area contributed by atoms with Crippen LogP contribution in [0.15, 0.2) is 24.5 Å². The summed E-state index contributed by atoms with van der Waals surface area (Å²) in [4.78, 5) is 8.20. The predicted molar refractivity (Wildman–Crippen MR) is 68.4 cm³/mol. The zero-order chi connectivity index (χ0) is 12.8. The summed E-state index contributed by atoms with van der Waals surface area (Å²) >= 11 is 0. The molecule has 2 aromatic heterocycles. The van der Waals surface area contributed by atoms with Crippen molar-refractivity contribution in [1.82, 2.24) is 19.7 Å². The summed E-state index contributed by atoms with van der Waals surface area (Å²) in [7, 11) is 0. The Kier molecular flexibility index (Phi) is 4.08. The van der Waals surface area contributed by atoms with Crippen molar-refractivity contribution in [3.63, 3.8) is 0 Å². The zero-order valence-corrected chi connectivity index (χ0v) is 9.95. The second-order valence-corrected chi connectivity index (χ2v) is 3.78. The average Bonchev–Trinajstić information content (AvgIpc) is 2.88. The van der Waals surface area contributed by atoms with Gasteiger partial charge in [-0.15, -0.1) is 0 Å². The first kappa shape index (κ1) is 12.3. The molecule has 0 radical (unpaired) electrons. The number of aliphatic hydroxyl groups is 1. The number of hydrogen-bond acceptors (Lipinski definition) is 6. The van der Waals surface area contributed by atoms with E-state index in [1.54, 1.807) is 23.1 Å². The molecule has 4 N–H and O–H groups in total. The Morgan fingerprint density at radius 2 is 2.22 bits per heavy atom. The number of aliphatic hydroxyl groups excluding tert-OH is 1. The number of anilines is 2. The van der Waals surface area contributed by atoms with Gasteiger partial charge in [0.25, 0.3) is 0 Å². The van der Waals surface area contributed by atoms with E-state index < -0.39 is 0 Å². The Morgan fingerprint density at radius 1 is 1.33 bits per heavy atom. The van der Waals surface area contributed by atoms with Crippen molar-refractivity contribution in [2.75, 3.05) is 24.2 Å². The molecule has 7 heteroatoms. The minimum absolute atomic E-state index is 0.201. The number of hydrogen-bond donors (Lipinski definition) is 3. The lowest BCUT2D eigenvalue weighted by atomic mass is 10.3. The Balaban J connectivity index is 2.07. The standard InChI is InChI=1S/C11H16N6O/c12-11-15-9(13-4-1-2-7-18)8-10(16-11)17-6-3-5-14-17/h3,5-6,8,18H,1-2,4,7H2,(H3,12,13,15,16). The zero-order valence-electron chi connectivity index (χ0n) is 9.95. The molecule has 2 rings (SSSR count). The molecule has 0 aliphatic carbocycles. The summed E-state index contributed by atoms with van der Waals surface area (Å²) in [5, 5.41) is 15.9. The maximum atomic E-state index is 8.69. The van der Waals surface area contributed by atoms with Gasteiger partial charge in [0, 0.05) is 31.6 Å². The molecule has 7 nitrogen and oxygen atoms in total. The van der Waals surface area contributed by atoms with E-state index in [4.69, 9.17) is 10.8 Å². The normalized spacial score (nSPS) is 10.5. The van der Waals surface area contributed by atoms with E-state index in [9.17, 15) is 0 Å². The molecule has 0 saturated carbocycles. The monoisotopic (exact) mass is 248 g/mol. The first-order valence-electron chi connectivity index (χ1n) is 5.79. The summed E-state index contributed by atoms with van der Waals surface area (Å²) in [6.45, 7) is 0.932. The minimum atomic E-state index is 0.201. The molecule has 18 heavy (non-hydrogen) atoms. The van der Waals surface area contributed by atoms with Gasteiger partial charge in [-0.2, -0.15) is 15.1 Å². The molecule has 0 aliphatic heterocycles. The summed E-state index contributed by atoms with van der Waals surface area (Å²) in [5.74, 6) is 1.48. The molecular formula is C11H16N6O. The Hall–Kier alpha value is -2.15. The lowest BCUT2D eigenvalue weighted by molar-refractivity contribution is 0.286. The van der Waals surface area contributed by atoms with Crippen molar-refractivity contribution in [3.8, 4) is 5.82 Å². The van der Waals surface area contributed by atoms with E-state index in [2.05, 4.69) is 20.4 Å². The van der Waals surface area contributed by atoms with Crippen molar-refractivity contribution < 1.29 is 5.11 Å². The van der Waals surface area contributed by atoms with Crippen LogP contribution in [-0.2, 0) is 0 Å². The Labute approximate surface area is 105 Å². The first-order chi connectivity index (χ1) is 8.79. The van der Waals surface area contributed by atoms with Crippen LogP contribution >= 0.6 is 0 Å². The molecule has 0 aromatic carbocycles. The molecule has 96 valence electrons.